The molecule has 1 atom stereocenters. The molecule has 92 valence electrons. The molecule has 1 unspecified atom stereocenters. The summed E-state index contributed by atoms with van der Waals surface area (Å²) in [7, 11) is 0. The lowest BCUT2D eigenvalue weighted by Crippen LogP contribution is -2.16. The predicted octanol–water partition coefficient (Wildman–Crippen LogP) is 1.62. The highest BCUT2D eigenvalue weighted by molar-refractivity contribution is 5.95. The third-order valence-corrected chi connectivity index (χ3v) is 1.90. The van der Waals surface area contributed by atoms with Crippen molar-refractivity contribution >= 4 is 11.8 Å². The van der Waals surface area contributed by atoms with E-state index in [-0.39, 0.29) is 25.2 Å². The Morgan fingerprint density at radius 2 is 2.06 bits per heavy atom. The third kappa shape index (κ3) is 8.17. The third-order valence-electron chi connectivity index (χ3n) is 1.90. The second-order valence-electron chi connectivity index (χ2n) is 3.51. The number of allylic oxidation sites excluding steroid dienone is 1. The van der Waals surface area contributed by atoms with Gasteiger partial charge in [-0.15, -0.1) is 0 Å². The van der Waals surface area contributed by atoms with E-state index in [0.29, 0.717) is 0 Å². The zero-order valence-corrected chi connectivity index (χ0v) is 9.94. The van der Waals surface area contributed by atoms with Gasteiger partial charge in [0.05, 0.1) is 12.7 Å². The average Bonchev–Trinajstić information content (AvgIpc) is 2.17. The molecule has 0 spiro atoms. The first-order chi connectivity index (χ1) is 7.60. The molecule has 4 nitrogen and oxygen atoms in total. The number of hydrogen-bond donors (Lipinski definition) is 1. The maximum absolute atomic E-state index is 11.3. The van der Waals surface area contributed by atoms with Gasteiger partial charge in [-0.3, -0.25) is 9.59 Å². The smallest absolute Gasteiger partial charge is 0.313 e. The molecule has 0 aromatic heterocycles. The van der Waals surface area contributed by atoms with E-state index in [1.807, 2.05) is 13.0 Å². The summed E-state index contributed by atoms with van der Waals surface area (Å²) in [5.41, 5.74) is 0. The highest BCUT2D eigenvalue weighted by atomic mass is 16.5. The molecule has 1 N–H and O–H groups in total. The Bertz CT molecular complexity index is 245. The van der Waals surface area contributed by atoms with Crippen LogP contribution in [-0.4, -0.2) is 29.6 Å². The van der Waals surface area contributed by atoms with Crippen molar-refractivity contribution in [2.45, 2.75) is 45.6 Å². The number of ether oxygens (including phenoxy) is 1. The molecule has 0 amide bonds. The van der Waals surface area contributed by atoms with E-state index in [2.05, 4.69) is 4.74 Å². The van der Waals surface area contributed by atoms with Crippen molar-refractivity contribution in [1.82, 2.24) is 0 Å². The summed E-state index contributed by atoms with van der Waals surface area (Å²) in [4.78, 5) is 22.2. The van der Waals surface area contributed by atoms with E-state index >= 15 is 0 Å². The molecular weight excluding hydrogens is 208 g/mol. The average molecular weight is 228 g/mol. The standard InChI is InChI=1S/C12H20O4/c1-3-5-6-7-10(13)8-11(14)9-12(15)16-4-2/h6-7,10,13H,3-5,8-9H2,1-2H3/b7-6+. The van der Waals surface area contributed by atoms with Crippen molar-refractivity contribution in [1.29, 1.82) is 0 Å². The van der Waals surface area contributed by atoms with Gasteiger partial charge in [0, 0.05) is 6.42 Å². The molecule has 0 fully saturated rings. The Morgan fingerprint density at radius 3 is 2.62 bits per heavy atom. The zero-order valence-electron chi connectivity index (χ0n) is 9.94. The fraction of sp³-hybridized carbons (Fsp3) is 0.667. The first-order valence-electron chi connectivity index (χ1n) is 5.62. The molecular formula is C12H20O4. The molecule has 0 radical (unpaired) electrons. The van der Waals surface area contributed by atoms with Crippen LogP contribution in [0.4, 0.5) is 0 Å². The first-order valence-corrected chi connectivity index (χ1v) is 5.62. The minimum atomic E-state index is -0.798. The van der Waals surface area contributed by atoms with Crippen molar-refractivity contribution in [3.63, 3.8) is 0 Å². The van der Waals surface area contributed by atoms with E-state index in [4.69, 9.17) is 0 Å². The zero-order chi connectivity index (χ0) is 12.4. The topological polar surface area (TPSA) is 63.6 Å². The largest absolute Gasteiger partial charge is 0.466 e. The summed E-state index contributed by atoms with van der Waals surface area (Å²) in [5, 5.41) is 9.43. The molecule has 0 aliphatic rings. The summed E-state index contributed by atoms with van der Waals surface area (Å²) in [5.74, 6) is -0.829. The van der Waals surface area contributed by atoms with Gasteiger partial charge in [-0.2, -0.15) is 0 Å². The Kier molecular flexibility index (Phi) is 8.43. The number of esters is 1. The quantitative estimate of drug-likeness (QED) is 0.389. The van der Waals surface area contributed by atoms with E-state index < -0.39 is 12.1 Å². The van der Waals surface area contributed by atoms with E-state index in [1.54, 1.807) is 13.0 Å². The van der Waals surface area contributed by atoms with Gasteiger partial charge in [0.25, 0.3) is 0 Å². The van der Waals surface area contributed by atoms with Gasteiger partial charge in [0.1, 0.15) is 12.2 Å². The molecule has 0 rings (SSSR count). The highest BCUT2D eigenvalue weighted by Gasteiger charge is 2.13. The number of carbonyl (C=O) groups excluding carboxylic acids is 2. The summed E-state index contributed by atoms with van der Waals surface area (Å²) < 4.78 is 4.63. The molecule has 0 aliphatic heterocycles. The molecule has 0 saturated carbocycles. The lowest BCUT2D eigenvalue weighted by Gasteiger charge is -2.04. The number of aliphatic hydroxyl groups excluding tert-OH is 1. The number of rotatable bonds is 8. The van der Waals surface area contributed by atoms with Crippen molar-refractivity contribution in [3.8, 4) is 0 Å². The van der Waals surface area contributed by atoms with Gasteiger partial charge < -0.3 is 9.84 Å². The molecule has 4 heteroatoms. The maximum atomic E-state index is 11.3. The first kappa shape index (κ1) is 14.8. The highest BCUT2D eigenvalue weighted by Crippen LogP contribution is 2.01. The van der Waals surface area contributed by atoms with Crippen LogP contribution in [0.15, 0.2) is 12.2 Å². The van der Waals surface area contributed by atoms with Crippen molar-refractivity contribution in [3.05, 3.63) is 12.2 Å². The lowest BCUT2D eigenvalue weighted by atomic mass is 10.1. The van der Waals surface area contributed by atoms with Crippen molar-refractivity contribution in [2.75, 3.05) is 6.61 Å². The SMILES string of the molecule is CCC/C=C/C(O)CC(=O)CC(=O)OCC. The number of ketones is 1. The van der Waals surface area contributed by atoms with Gasteiger partial charge in [-0.1, -0.05) is 25.5 Å². The molecule has 16 heavy (non-hydrogen) atoms. The second kappa shape index (κ2) is 9.09. The second-order valence-corrected chi connectivity index (χ2v) is 3.51. The van der Waals surface area contributed by atoms with Crippen LogP contribution in [0, 0.1) is 0 Å². The fourth-order valence-corrected chi connectivity index (χ4v) is 1.17. The lowest BCUT2D eigenvalue weighted by molar-refractivity contribution is -0.145. The summed E-state index contributed by atoms with van der Waals surface area (Å²) in [6, 6.07) is 0. The van der Waals surface area contributed by atoms with Crippen molar-refractivity contribution < 1.29 is 19.4 Å². The predicted molar refractivity (Wildman–Crippen MR) is 60.9 cm³/mol. The number of unbranched alkanes of at least 4 members (excludes halogenated alkanes) is 1. The Hall–Kier alpha value is -1.16. The molecule has 0 aromatic rings. The van der Waals surface area contributed by atoms with Gasteiger partial charge >= 0.3 is 5.97 Å². The van der Waals surface area contributed by atoms with Crippen LogP contribution < -0.4 is 0 Å². The molecule has 0 aliphatic carbocycles. The minimum absolute atomic E-state index is 0.0287. The Labute approximate surface area is 96.3 Å². The van der Waals surface area contributed by atoms with Gasteiger partial charge in [-0.25, -0.2) is 0 Å². The molecule has 0 saturated heterocycles. The Morgan fingerprint density at radius 1 is 1.38 bits per heavy atom. The summed E-state index contributed by atoms with van der Waals surface area (Å²) in [6.07, 6.45) is 4.22. The van der Waals surface area contributed by atoms with Gasteiger partial charge in [0.15, 0.2) is 0 Å². The van der Waals surface area contributed by atoms with E-state index in [9.17, 15) is 14.7 Å². The monoisotopic (exact) mass is 228 g/mol. The fourth-order valence-electron chi connectivity index (χ4n) is 1.17. The molecule has 0 bridgehead atoms. The number of aliphatic hydroxyl groups is 1. The van der Waals surface area contributed by atoms with Crippen LogP contribution in [0.2, 0.25) is 0 Å². The van der Waals surface area contributed by atoms with E-state index in [1.165, 1.54) is 0 Å². The number of hydrogen-bond acceptors (Lipinski definition) is 4. The van der Waals surface area contributed by atoms with Gasteiger partial charge in [-0.05, 0) is 13.3 Å². The van der Waals surface area contributed by atoms with Crippen LogP contribution >= 0.6 is 0 Å². The van der Waals surface area contributed by atoms with E-state index in [0.717, 1.165) is 12.8 Å². The number of carbonyl (C=O) groups is 2. The minimum Gasteiger partial charge on any atom is -0.466 e. The Balaban J connectivity index is 3.82. The van der Waals surface area contributed by atoms with Crippen LogP contribution in [0.1, 0.15) is 39.5 Å². The van der Waals surface area contributed by atoms with Crippen LogP contribution in [0.25, 0.3) is 0 Å². The molecule has 0 heterocycles. The van der Waals surface area contributed by atoms with Gasteiger partial charge in [0.2, 0.25) is 0 Å². The maximum Gasteiger partial charge on any atom is 0.313 e. The molecule has 0 aromatic carbocycles. The number of Topliss-reactive ketones (excluding diaryl/α,β-unsaturated/α-hetero) is 1. The summed E-state index contributed by atoms with van der Waals surface area (Å²) in [6.45, 7) is 3.98. The normalized spacial score (nSPS) is 12.7. The summed E-state index contributed by atoms with van der Waals surface area (Å²) >= 11 is 0. The van der Waals surface area contributed by atoms with Crippen molar-refractivity contribution in [2.24, 2.45) is 0 Å². The van der Waals surface area contributed by atoms with Crippen LogP contribution in [0.3, 0.4) is 0 Å². The van der Waals surface area contributed by atoms with Crippen LogP contribution in [-0.2, 0) is 14.3 Å². The van der Waals surface area contributed by atoms with Crippen LogP contribution in [0.5, 0.6) is 0 Å².